The minimum absolute atomic E-state index is 0.370. The van der Waals surface area contributed by atoms with Crippen LogP contribution in [-0.4, -0.2) is 26.3 Å². The number of nitrogens with one attached hydrogen (secondary N) is 1. The van der Waals surface area contributed by atoms with Crippen molar-refractivity contribution in [1.82, 2.24) is 5.32 Å². The Bertz CT molecular complexity index is 171. The Morgan fingerprint density at radius 3 is 2.67 bits per heavy atom. The summed E-state index contributed by atoms with van der Waals surface area (Å²) in [6, 6.07) is 0. The standard InChI is InChI=1S/C10H19NO/c1-9(2)8-12-6-4-10(9)3-5-11-7-10/h11H,3-8H2,1-2H3. The lowest BCUT2D eigenvalue weighted by Crippen LogP contribution is -2.47. The maximum absolute atomic E-state index is 5.54. The first-order valence-electron chi connectivity index (χ1n) is 4.95. The highest BCUT2D eigenvalue weighted by atomic mass is 16.5. The smallest absolute Gasteiger partial charge is 0.0522 e. The first-order valence-corrected chi connectivity index (χ1v) is 4.95. The van der Waals surface area contributed by atoms with Gasteiger partial charge in [0.1, 0.15) is 0 Å². The molecule has 0 amide bonds. The fraction of sp³-hybridized carbons (Fsp3) is 1.00. The zero-order valence-corrected chi connectivity index (χ0v) is 8.15. The van der Waals surface area contributed by atoms with Gasteiger partial charge in [-0.15, -0.1) is 0 Å². The van der Waals surface area contributed by atoms with Gasteiger partial charge in [0.25, 0.3) is 0 Å². The Morgan fingerprint density at radius 2 is 2.08 bits per heavy atom. The molecule has 1 N–H and O–H groups in total. The molecule has 2 aliphatic heterocycles. The molecule has 1 atom stereocenters. The topological polar surface area (TPSA) is 21.3 Å². The molecule has 12 heavy (non-hydrogen) atoms. The molecule has 2 rings (SSSR count). The second-order valence-electron chi connectivity index (χ2n) is 4.89. The largest absolute Gasteiger partial charge is 0.381 e. The van der Waals surface area contributed by atoms with Crippen LogP contribution in [-0.2, 0) is 4.74 Å². The average Bonchev–Trinajstić information content (AvgIpc) is 2.46. The van der Waals surface area contributed by atoms with E-state index in [1.165, 1.54) is 25.9 Å². The van der Waals surface area contributed by atoms with Gasteiger partial charge in [0.2, 0.25) is 0 Å². The summed E-state index contributed by atoms with van der Waals surface area (Å²) in [5.74, 6) is 0. The van der Waals surface area contributed by atoms with E-state index in [4.69, 9.17) is 4.74 Å². The highest BCUT2D eigenvalue weighted by Gasteiger charge is 2.48. The molecule has 2 fully saturated rings. The van der Waals surface area contributed by atoms with Crippen molar-refractivity contribution in [3.8, 4) is 0 Å². The van der Waals surface area contributed by atoms with Crippen molar-refractivity contribution in [3.05, 3.63) is 0 Å². The third-order valence-electron chi connectivity index (χ3n) is 3.87. The molecule has 1 spiro atoms. The fourth-order valence-electron chi connectivity index (χ4n) is 2.62. The second-order valence-corrected chi connectivity index (χ2v) is 4.89. The normalized spacial score (nSPS) is 40.5. The van der Waals surface area contributed by atoms with E-state index in [0.29, 0.717) is 10.8 Å². The number of ether oxygens (including phenoxy) is 1. The van der Waals surface area contributed by atoms with Gasteiger partial charge in [0.05, 0.1) is 6.61 Å². The van der Waals surface area contributed by atoms with Crippen LogP contribution in [0, 0.1) is 10.8 Å². The summed E-state index contributed by atoms with van der Waals surface area (Å²) in [6.45, 7) is 8.99. The zero-order valence-electron chi connectivity index (χ0n) is 8.15. The first-order chi connectivity index (χ1) is 5.66. The van der Waals surface area contributed by atoms with E-state index in [-0.39, 0.29) is 0 Å². The Kier molecular flexibility index (Phi) is 1.92. The van der Waals surface area contributed by atoms with Crippen LogP contribution in [0.1, 0.15) is 26.7 Å². The molecule has 70 valence electrons. The van der Waals surface area contributed by atoms with Crippen LogP contribution in [0.2, 0.25) is 0 Å². The quantitative estimate of drug-likeness (QED) is 0.592. The molecule has 2 saturated heterocycles. The van der Waals surface area contributed by atoms with Crippen molar-refractivity contribution in [2.75, 3.05) is 26.3 Å². The van der Waals surface area contributed by atoms with Gasteiger partial charge < -0.3 is 10.1 Å². The molecule has 1 unspecified atom stereocenters. The summed E-state index contributed by atoms with van der Waals surface area (Å²) in [5, 5.41) is 3.48. The molecule has 0 radical (unpaired) electrons. The molecule has 0 saturated carbocycles. The number of rotatable bonds is 0. The van der Waals surface area contributed by atoms with Crippen LogP contribution in [0.4, 0.5) is 0 Å². The van der Waals surface area contributed by atoms with Gasteiger partial charge in [0.15, 0.2) is 0 Å². The number of hydrogen-bond acceptors (Lipinski definition) is 2. The van der Waals surface area contributed by atoms with Crippen LogP contribution in [0.5, 0.6) is 0 Å². The van der Waals surface area contributed by atoms with Crippen molar-refractivity contribution in [1.29, 1.82) is 0 Å². The third kappa shape index (κ3) is 1.09. The number of hydrogen-bond donors (Lipinski definition) is 1. The van der Waals surface area contributed by atoms with Crippen LogP contribution in [0.25, 0.3) is 0 Å². The minimum atomic E-state index is 0.370. The lowest BCUT2D eigenvalue weighted by molar-refractivity contribution is -0.0834. The summed E-state index contributed by atoms with van der Waals surface area (Å²) >= 11 is 0. The van der Waals surface area contributed by atoms with E-state index >= 15 is 0 Å². The van der Waals surface area contributed by atoms with Crippen LogP contribution >= 0.6 is 0 Å². The molecule has 0 aromatic carbocycles. The van der Waals surface area contributed by atoms with E-state index in [1.807, 2.05) is 0 Å². The Hall–Kier alpha value is -0.0800. The summed E-state index contributed by atoms with van der Waals surface area (Å²) in [4.78, 5) is 0. The summed E-state index contributed by atoms with van der Waals surface area (Å²) < 4.78 is 5.54. The van der Waals surface area contributed by atoms with Crippen molar-refractivity contribution in [2.45, 2.75) is 26.7 Å². The van der Waals surface area contributed by atoms with Crippen molar-refractivity contribution < 1.29 is 4.74 Å². The molecule has 2 aliphatic rings. The SMILES string of the molecule is CC1(C)COCCC12CCNC2. The second kappa shape index (κ2) is 2.71. The Balaban J connectivity index is 2.19. The van der Waals surface area contributed by atoms with Crippen LogP contribution in [0.3, 0.4) is 0 Å². The van der Waals surface area contributed by atoms with Gasteiger partial charge in [-0.05, 0) is 30.2 Å². The van der Waals surface area contributed by atoms with E-state index in [1.54, 1.807) is 0 Å². The molecule has 2 heteroatoms. The van der Waals surface area contributed by atoms with Gasteiger partial charge in [-0.25, -0.2) is 0 Å². The maximum atomic E-state index is 5.54. The van der Waals surface area contributed by atoms with Gasteiger partial charge in [-0.3, -0.25) is 0 Å². The lowest BCUT2D eigenvalue weighted by atomic mass is 9.62. The highest BCUT2D eigenvalue weighted by Crippen LogP contribution is 2.48. The lowest BCUT2D eigenvalue weighted by Gasteiger charge is -2.47. The highest BCUT2D eigenvalue weighted by molar-refractivity contribution is 4.99. The molecule has 0 aromatic heterocycles. The summed E-state index contributed by atoms with van der Waals surface area (Å²) in [6.07, 6.45) is 2.58. The predicted octanol–water partition coefficient (Wildman–Crippen LogP) is 1.41. The maximum Gasteiger partial charge on any atom is 0.0522 e. The van der Waals surface area contributed by atoms with Gasteiger partial charge >= 0.3 is 0 Å². The van der Waals surface area contributed by atoms with Gasteiger partial charge in [-0.2, -0.15) is 0 Å². The summed E-state index contributed by atoms with van der Waals surface area (Å²) in [5.41, 5.74) is 0.903. The first kappa shape index (κ1) is 8.52. The average molecular weight is 169 g/mol. The fourth-order valence-corrected chi connectivity index (χ4v) is 2.62. The molecular formula is C10H19NO. The van der Waals surface area contributed by atoms with Crippen LogP contribution < -0.4 is 5.32 Å². The third-order valence-corrected chi connectivity index (χ3v) is 3.87. The molecule has 2 nitrogen and oxygen atoms in total. The summed E-state index contributed by atoms with van der Waals surface area (Å²) in [7, 11) is 0. The molecule has 0 bridgehead atoms. The van der Waals surface area contributed by atoms with Gasteiger partial charge in [0, 0.05) is 13.2 Å². The Morgan fingerprint density at radius 1 is 1.25 bits per heavy atom. The molecule has 0 aliphatic carbocycles. The zero-order chi connectivity index (χ0) is 8.66. The minimum Gasteiger partial charge on any atom is -0.381 e. The van der Waals surface area contributed by atoms with Crippen LogP contribution in [0.15, 0.2) is 0 Å². The molecule has 2 heterocycles. The van der Waals surface area contributed by atoms with Crippen molar-refractivity contribution in [3.63, 3.8) is 0 Å². The van der Waals surface area contributed by atoms with E-state index in [9.17, 15) is 0 Å². The van der Waals surface area contributed by atoms with E-state index in [2.05, 4.69) is 19.2 Å². The van der Waals surface area contributed by atoms with Crippen molar-refractivity contribution >= 4 is 0 Å². The monoisotopic (exact) mass is 169 g/mol. The van der Waals surface area contributed by atoms with Gasteiger partial charge in [-0.1, -0.05) is 13.8 Å². The van der Waals surface area contributed by atoms with Crippen molar-refractivity contribution in [2.24, 2.45) is 10.8 Å². The van der Waals surface area contributed by atoms with E-state index < -0.39 is 0 Å². The predicted molar refractivity (Wildman–Crippen MR) is 49.1 cm³/mol. The molecular weight excluding hydrogens is 150 g/mol. The van der Waals surface area contributed by atoms with E-state index in [0.717, 1.165) is 13.2 Å². The molecule has 0 aromatic rings. The Labute approximate surface area is 74.7 Å².